The largest absolute Gasteiger partial charge is 0.326 e. The van der Waals surface area contributed by atoms with Gasteiger partial charge in [0, 0.05) is 25.2 Å². The Balaban J connectivity index is 1.99. The second-order valence-electron chi connectivity index (χ2n) is 5.07. The lowest BCUT2D eigenvalue weighted by Crippen LogP contribution is -2.29. The minimum Gasteiger partial charge on any atom is -0.326 e. The molecule has 1 aliphatic rings. The normalized spacial score (nSPS) is 15.2. The fourth-order valence-electron chi connectivity index (χ4n) is 2.07. The zero-order valence-electron chi connectivity index (χ0n) is 12.6. The Morgan fingerprint density at radius 3 is 2.59 bits per heavy atom. The first-order valence-electron chi connectivity index (χ1n) is 7.29. The second-order valence-corrected chi connectivity index (χ2v) is 6.83. The molecule has 2 rings (SSSR count). The van der Waals surface area contributed by atoms with E-state index in [0.29, 0.717) is 18.7 Å². The van der Waals surface area contributed by atoms with Crippen molar-refractivity contribution in [3.63, 3.8) is 0 Å². The summed E-state index contributed by atoms with van der Waals surface area (Å²) in [5.41, 5.74) is 1.68. The fourth-order valence-corrected chi connectivity index (χ4v) is 3.10. The van der Waals surface area contributed by atoms with Crippen molar-refractivity contribution in [2.45, 2.75) is 24.7 Å². The van der Waals surface area contributed by atoms with Crippen molar-refractivity contribution < 1.29 is 13.2 Å². The maximum atomic E-state index is 12.2. The maximum Gasteiger partial charge on any atom is 0.240 e. The molecule has 0 saturated carbocycles. The number of nitrogens with one attached hydrogen (secondary N) is 3. The SMILES string of the molecule is CCC(=O)Nc1ccc(S(=O)(=O)NCC2=CCNCC2)cc1. The van der Waals surface area contributed by atoms with Gasteiger partial charge in [-0.2, -0.15) is 0 Å². The van der Waals surface area contributed by atoms with Gasteiger partial charge in [0.25, 0.3) is 0 Å². The van der Waals surface area contributed by atoms with Crippen molar-refractivity contribution in [1.29, 1.82) is 0 Å². The molecule has 22 heavy (non-hydrogen) atoms. The molecule has 0 radical (unpaired) electrons. The van der Waals surface area contributed by atoms with Crippen LogP contribution in [-0.4, -0.2) is 34.0 Å². The molecule has 0 bridgehead atoms. The highest BCUT2D eigenvalue weighted by Crippen LogP contribution is 2.15. The molecule has 1 aliphatic heterocycles. The van der Waals surface area contributed by atoms with Crippen molar-refractivity contribution in [2.75, 3.05) is 25.0 Å². The lowest BCUT2D eigenvalue weighted by molar-refractivity contribution is -0.115. The minimum absolute atomic E-state index is 0.105. The molecule has 1 aromatic carbocycles. The van der Waals surface area contributed by atoms with E-state index in [0.717, 1.165) is 25.1 Å². The van der Waals surface area contributed by atoms with E-state index < -0.39 is 10.0 Å². The van der Waals surface area contributed by atoms with Crippen LogP contribution >= 0.6 is 0 Å². The molecule has 120 valence electrons. The molecule has 0 atom stereocenters. The van der Waals surface area contributed by atoms with Gasteiger partial charge in [0.15, 0.2) is 0 Å². The predicted octanol–water partition coefficient (Wildman–Crippen LogP) is 1.23. The number of hydrogen-bond donors (Lipinski definition) is 3. The fraction of sp³-hybridized carbons (Fsp3) is 0.400. The van der Waals surface area contributed by atoms with Gasteiger partial charge < -0.3 is 10.6 Å². The van der Waals surface area contributed by atoms with E-state index in [1.165, 1.54) is 12.1 Å². The molecule has 1 amide bonds. The number of anilines is 1. The Kier molecular flexibility index (Phi) is 5.70. The van der Waals surface area contributed by atoms with Crippen molar-refractivity contribution >= 4 is 21.6 Å². The number of benzene rings is 1. The summed E-state index contributed by atoms with van der Waals surface area (Å²) in [4.78, 5) is 11.5. The third-order valence-electron chi connectivity index (χ3n) is 3.42. The molecule has 0 aromatic heterocycles. The minimum atomic E-state index is -3.53. The maximum absolute atomic E-state index is 12.2. The lowest BCUT2D eigenvalue weighted by atomic mass is 10.1. The van der Waals surface area contributed by atoms with E-state index in [2.05, 4.69) is 15.4 Å². The smallest absolute Gasteiger partial charge is 0.240 e. The summed E-state index contributed by atoms with van der Waals surface area (Å²) in [6.45, 7) is 3.74. The van der Waals surface area contributed by atoms with Crippen LogP contribution in [-0.2, 0) is 14.8 Å². The molecule has 7 heteroatoms. The van der Waals surface area contributed by atoms with Crippen LogP contribution in [0.2, 0.25) is 0 Å². The van der Waals surface area contributed by atoms with E-state index in [1.807, 2.05) is 6.08 Å². The van der Waals surface area contributed by atoms with Gasteiger partial charge in [0.1, 0.15) is 0 Å². The summed E-state index contributed by atoms with van der Waals surface area (Å²) in [6, 6.07) is 6.16. The van der Waals surface area contributed by atoms with Crippen LogP contribution in [0.25, 0.3) is 0 Å². The monoisotopic (exact) mass is 323 g/mol. The van der Waals surface area contributed by atoms with Crippen molar-refractivity contribution in [1.82, 2.24) is 10.0 Å². The highest BCUT2D eigenvalue weighted by atomic mass is 32.2. The lowest BCUT2D eigenvalue weighted by Gasteiger charge is -2.15. The quantitative estimate of drug-likeness (QED) is 0.687. The first kappa shape index (κ1) is 16.7. The molecule has 3 N–H and O–H groups in total. The van der Waals surface area contributed by atoms with Gasteiger partial charge in [-0.05, 0) is 37.2 Å². The van der Waals surface area contributed by atoms with Gasteiger partial charge in [-0.15, -0.1) is 0 Å². The van der Waals surface area contributed by atoms with Gasteiger partial charge >= 0.3 is 0 Å². The van der Waals surface area contributed by atoms with Gasteiger partial charge in [0.05, 0.1) is 4.90 Å². The van der Waals surface area contributed by atoms with Gasteiger partial charge in [-0.1, -0.05) is 18.6 Å². The Labute approximate surface area is 131 Å². The summed E-state index contributed by atoms with van der Waals surface area (Å²) in [6.07, 6.45) is 3.24. The zero-order valence-corrected chi connectivity index (χ0v) is 13.4. The van der Waals surface area contributed by atoms with Crippen LogP contribution in [0.5, 0.6) is 0 Å². The van der Waals surface area contributed by atoms with E-state index in [1.54, 1.807) is 19.1 Å². The number of sulfonamides is 1. The van der Waals surface area contributed by atoms with Crippen LogP contribution in [0.1, 0.15) is 19.8 Å². The molecule has 0 spiro atoms. The Morgan fingerprint density at radius 2 is 2.00 bits per heavy atom. The van der Waals surface area contributed by atoms with Crippen LogP contribution in [0.3, 0.4) is 0 Å². The molecule has 1 heterocycles. The topological polar surface area (TPSA) is 87.3 Å². The first-order chi connectivity index (χ1) is 10.5. The van der Waals surface area contributed by atoms with Crippen LogP contribution < -0.4 is 15.4 Å². The molecule has 0 unspecified atom stereocenters. The van der Waals surface area contributed by atoms with Crippen molar-refractivity contribution in [2.24, 2.45) is 0 Å². The molecule has 0 aliphatic carbocycles. The highest BCUT2D eigenvalue weighted by Gasteiger charge is 2.15. The van der Waals surface area contributed by atoms with Crippen LogP contribution in [0.4, 0.5) is 5.69 Å². The Bertz CT molecular complexity index is 651. The number of rotatable bonds is 6. The van der Waals surface area contributed by atoms with Crippen LogP contribution in [0.15, 0.2) is 40.8 Å². The average molecular weight is 323 g/mol. The Hall–Kier alpha value is -1.70. The number of carbonyl (C=O) groups excluding carboxylic acids is 1. The third kappa shape index (κ3) is 4.66. The molecular formula is C15H21N3O3S. The molecule has 1 aromatic rings. The van der Waals surface area contributed by atoms with E-state index >= 15 is 0 Å². The zero-order chi connectivity index (χ0) is 16.0. The van der Waals surface area contributed by atoms with Gasteiger partial charge in [-0.25, -0.2) is 13.1 Å². The summed E-state index contributed by atoms with van der Waals surface area (Å²) in [5, 5.41) is 5.87. The molecule has 0 fully saturated rings. The van der Waals surface area contributed by atoms with E-state index in [4.69, 9.17) is 0 Å². The second kappa shape index (κ2) is 7.53. The first-order valence-corrected chi connectivity index (χ1v) is 8.78. The highest BCUT2D eigenvalue weighted by molar-refractivity contribution is 7.89. The van der Waals surface area contributed by atoms with E-state index in [-0.39, 0.29) is 10.8 Å². The third-order valence-corrected chi connectivity index (χ3v) is 4.83. The number of carbonyl (C=O) groups is 1. The molecule has 0 saturated heterocycles. The summed E-state index contributed by atoms with van der Waals surface area (Å²) >= 11 is 0. The van der Waals surface area contributed by atoms with E-state index in [9.17, 15) is 13.2 Å². The Morgan fingerprint density at radius 1 is 1.27 bits per heavy atom. The van der Waals surface area contributed by atoms with Crippen molar-refractivity contribution in [3.05, 3.63) is 35.9 Å². The summed E-state index contributed by atoms with van der Waals surface area (Å²) in [7, 11) is -3.53. The number of amides is 1. The number of hydrogen-bond acceptors (Lipinski definition) is 4. The van der Waals surface area contributed by atoms with Crippen LogP contribution in [0, 0.1) is 0 Å². The predicted molar refractivity (Wildman–Crippen MR) is 86.1 cm³/mol. The molecule has 6 nitrogen and oxygen atoms in total. The molecular weight excluding hydrogens is 302 g/mol. The van der Waals surface area contributed by atoms with Gasteiger partial charge in [0.2, 0.25) is 15.9 Å². The average Bonchev–Trinajstić information content (AvgIpc) is 2.54. The van der Waals surface area contributed by atoms with Crippen molar-refractivity contribution in [3.8, 4) is 0 Å². The standard InChI is InChI=1S/C15H21N3O3S/c1-2-15(19)18-13-3-5-14(6-4-13)22(20,21)17-11-12-7-9-16-10-8-12/h3-7,16-17H,2,8-11H2,1H3,(H,18,19). The summed E-state index contributed by atoms with van der Waals surface area (Å²) < 4.78 is 27.1. The van der Waals surface area contributed by atoms with Gasteiger partial charge in [-0.3, -0.25) is 4.79 Å². The summed E-state index contributed by atoms with van der Waals surface area (Å²) in [5.74, 6) is -0.105.